The van der Waals surface area contributed by atoms with Crippen LogP contribution < -0.4 is 0 Å². The van der Waals surface area contributed by atoms with E-state index in [1.807, 2.05) is 0 Å². The van der Waals surface area contributed by atoms with Crippen molar-refractivity contribution in [3.63, 3.8) is 0 Å². The van der Waals surface area contributed by atoms with E-state index < -0.39 is 17.0 Å². The van der Waals surface area contributed by atoms with Gasteiger partial charge in [-0.3, -0.25) is 10.1 Å². The summed E-state index contributed by atoms with van der Waals surface area (Å²) in [5.41, 5.74) is 0.0129. The zero-order valence-corrected chi connectivity index (χ0v) is 10.6. The van der Waals surface area contributed by atoms with Crippen molar-refractivity contribution >= 4 is 23.4 Å². The van der Waals surface area contributed by atoms with Crippen LogP contribution in [0.1, 0.15) is 6.92 Å². The van der Waals surface area contributed by atoms with Crippen molar-refractivity contribution in [2.45, 2.75) is 17.9 Å². The normalized spacial score (nSPS) is 12.1. The fourth-order valence-electron chi connectivity index (χ4n) is 1.23. The minimum Gasteiger partial charge on any atom is -0.479 e. The van der Waals surface area contributed by atoms with E-state index in [0.29, 0.717) is 6.61 Å². The van der Waals surface area contributed by atoms with Crippen molar-refractivity contribution in [2.75, 3.05) is 12.4 Å². The molecule has 0 aromatic heterocycles. The summed E-state index contributed by atoms with van der Waals surface area (Å²) in [5, 5.41) is 19.3. The lowest BCUT2D eigenvalue weighted by Gasteiger charge is -2.11. The number of hydrogen-bond donors (Lipinski definition) is 1. The molecule has 0 bridgehead atoms. The predicted molar refractivity (Wildman–Crippen MR) is 66.9 cm³/mol. The molecule has 6 nitrogen and oxygen atoms in total. The summed E-state index contributed by atoms with van der Waals surface area (Å²) in [6.07, 6.45) is -0.866. The molecule has 98 valence electrons. The molecule has 0 saturated heterocycles. The Labute approximate surface area is 108 Å². The largest absolute Gasteiger partial charge is 0.479 e. The third-order valence-corrected chi connectivity index (χ3v) is 3.17. The summed E-state index contributed by atoms with van der Waals surface area (Å²) in [6, 6.07) is 5.96. The highest BCUT2D eigenvalue weighted by Gasteiger charge is 2.17. The van der Waals surface area contributed by atoms with Gasteiger partial charge in [-0.1, -0.05) is 0 Å². The number of carbonyl (C=O) groups is 1. The van der Waals surface area contributed by atoms with Crippen molar-refractivity contribution in [3.05, 3.63) is 34.4 Å². The Kier molecular flexibility index (Phi) is 5.60. The number of aliphatic carboxylic acids is 1. The summed E-state index contributed by atoms with van der Waals surface area (Å²) >= 11 is 1.29. The molecule has 0 aliphatic rings. The average molecular weight is 271 g/mol. The lowest BCUT2D eigenvalue weighted by Crippen LogP contribution is -2.26. The van der Waals surface area contributed by atoms with Crippen molar-refractivity contribution in [1.29, 1.82) is 0 Å². The van der Waals surface area contributed by atoms with Crippen molar-refractivity contribution in [1.82, 2.24) is 0 Å². The zero-order chi connectivity index (χ0) is 13.5. The molecule has 0 spiro atoms. The van der Waals surface area contributed by atoms with Gasteiger partial charge in [-0.2, -0.15) is 0 Å². The molecule has 0 radical (unpaired) electrons. The number of hydrogen-bond acceptors (Lipinski definition) is 5. The van der Waals surface area contributed by atoms with Gasteiger partial charge in [-0.15, -0.1) is 11.8 Å². The molecule has 1 aromatic rings. The fourth-order valence-corrected chi connectivity index (χ4v) is 2.14. The first-order valence-corrected chi connectivity index (χ1v) is 6.24. The topological polar surface area (TPSA) is 89.7 Å². The first-order valence-electron chi connectivity index (χ1n) is 5.26. The van der Waals surface area contributed by atoms with Crippen LogP contribution in [0.25, 0.3) is 0 Å². The maximum absolute atomic E-state index is 10.8. The zero-order valence-electron chi connectivity index (χ0n) is 9.74. The molecule has 0 amide bonds. The van der Waals surface area contributed by atoms with E-state index in [-0.39, 0.29) is 11.4 Å². The van der Waals surface area contributed by atoms with E-state index in [0.717, 1.165) is 4.90 Å². The Morgan fingerprint density at radius 2 is 2.11 bits per heavy atom. The SMILES string of the molecule is CCOC(CSc1ccc([N+](=O)[O-])cc1)C(=O)O. The number of nitrogens with zero attached hydrogens (tertiary/aromatic N) is 1. The van der Waals surface area contributed by atoms with Gasteiger partial charge in [0.1, 0.15) is 0 Å². The molecular formula is C11H13NO5S. The molecule has 18 heavy (non-hydrogen) atoms. The molecule has 1 unspecified atom stereocenters. The molecule has 0 aliphatic heterocycles. The third kappa shape index (κ3) is 4.34. The van der Waals surface area contributed by atoms with E-state index in [1.165, 1.54) is 23.9 Å². The quantitative estimate of drug-likeness (QED) is 0.464. The molecule has 1 atom stereocenters. The van der Waals surface area contributed by atoms with Crippen molar-refractivity contribution in [3.8, 4) is 0 Å². The van der Waals surface area contributed by atoms with Gasteiger partial charge in [0.05, 0.1) is 4.92 Å². The van der Waals surface area contributed by atoms with Crippen molar-refractivity contribution < 1.29 is 19.6 Å². The van der Waals surface area contributed by atoms with Crippen LogP contribution in [0.3, 0.4) is 0 Å². The minimum atomic E-state index is -1.01. The number of rotatable bonds is 7. The Balaban J connectivity index is 2.56. The summed E-state index contributed by atoms with van der Waals surface area (Å²) in [7, 11) is 0. The monoisotopic (exact) mass is 271 g/mol. The number of carboxylic acid groups (broad SMARTS) is 1. The van der Waals surface area contributed by atoms with Crippen LogP contribution >= 0.6 is 11.8 Å². The minimum absolute atomic E-state index is 0.0129. The number of nitro groups is 1. The van der Waals surface area contributed by atoms with Gasteiger partial charge in [0.25, 0.3) is 5.69 Å². The first-order chi connectivity index (χ1) is 8.54. The highest BCUT2D eigenvalue weighted by molar-refractivity contribution is 7.99. The molecule has 0 aliphatic carbocycles. The third-order valence-electron chi connectivity index (χ3n) is 2.09. The number of non-ortho nitro benzene ring substituents is 1. The summed E-state index contributed by atoms with van der Waals surface area (Å²) in [4.78, 5) is 21.6. The first kappa shape index (κ1) is 14.5. The number of carboxylic acids is 1. The lowest BCUT2D eigenvalue weighted by atomic mass is 10.3. The molecule has 0 heterocycles. The van der Waals surface area contributed by atoms with Crippen LogP contribution in [-0.4, -0.2) is 34.5 Å². The highest BCUT2D eigenvalue weighted by Crippen LogP contribution is 2.22. The highest BCUT2D eigenvalue weighted by atomic mass is 32.2. The molecule has 0 saturated carbocycles. The van der Waals surface area contributed by atoms with Crippen LogP contribution in [0.4, 0.5) is 5.69 Å². The second-order valence-electron chi connectivity index (χ2n) is 3.34. The van der Waals surface area contributed by atoms with Gasteiger partial charge >= 0.3 is 5.97 Å². The van der Waals surface area contributed by atoms with Gasteiger partial charge in [0, 0.05) is 29.4 Å². The van der Waals surface area contributed by atoms with Crippen LogP contribution in [0, 0.1) is 10.1 Å². The van der Waals surface area contributed by atoms with Crippen LogP contribution in [-0.2, 0) is 9.53 Å². The van der Waals surface area contributed by atoms with Crippen molar-refractivity contribution in [2.24, 2.45) is 0 Å². The standard InChI is InChI=1S/C11H13NO5S/c1-2-17-10(11(13)14)7-18-9-5-3-8(4-6-9)12(15)16/h3-6,10H,2,7H2,1H3,(H,13,14). The molecule has 1 rings (SSSR count). The number of nitro benzene ring substituents is 1. The number of thioether (sulfide) groups is 1. The molecule has 0 fully saturated rings. The van der Waals surface area contributed by atoms with Gasteiger partial charge in [0.2, 0.25) is 0 Å². The number of ether oxygens (including phenoxy) is 1. The average Bonchev–Trinajstić information content (AvgIpc) is 2.34. The van der Waals surface area contributed by atoms with Crippen LogP contribution in [0.5, 0.6) is 0 Å². The van der Waals surface area contributed by atoms with Gasteiger partial charge in [-0.05, 0) is 19.1 Å². The second kappa shape index (κ2) is 6.97. The number of benzene rings is 1. The predicted octanol–water partition coefficient (Wildman–Crippen LogP) is 2.18. The van der Waals surface area contributed by atoms with E-state index in [4.69, 9.17) is 9.84 Å². The Morgan fingerprint density at radius 3 is 2.56 bits per heavy atom. The fraction of sp³-hybridized carbons (Fsp3) is 0.364. The maximum Gasteiger partial charge on any atom is 0.333 e. The van der Waals surface area contributed by atoms with E-state index in [9.17, 15) is 14.9 Å². The Bertz CT molecular complexity index is 420. The Hall–Kier alpha value is -1.60. The molecular weight excluding hydrogens is 258 g/mol. The van der Waals surface area contributed by atoms with E-state index in [2.05, 4.69) is 0 Å². The molecule has 1 N–H and O–H groups in total. The summed E-state index contributed by atoms with van der Waals surface area (Å²) < 4.78 is 5.06. The van der Waals surface area contributed by atoms with E-state index >= 15 is 0 Å². The van der Waals surface area contributed by atoms with E-state index in [1.54, 1.807) is 19.1 Å². The maximum atomic E-state index is 10.8. The second-order valence-corrected chi connectivity index (χ2v) is 4.44. The van der Waals surface area contributed by atoms with Crippen LogP contribution in [0.2, 0.25) is 0 Å². The summed E-state index contributed by atoms with van der Waals surface area (Å²) in [5.74, 6) is -0.743. The lowest BCUT2D eigenvalue weighted by molar-refractivity contribution is -0.384. The smallest absolute Gasteiger partial charge is 0.333 e. The van der Waals surface area contributed by atoms with Gasteiger partial charge < -0.3 is 9.84 Å². The Morgan fingerprint density at radius 1 is 1.50 bits per heavy atom. The van der Waals surface area contributed by atoms with Gasteiger partial charge in [-0.25, -0.2) is 4.79 Å². The summed E-state index contributed by atoms with van der Waals surface area (Å²) in [6.45, 7) is 2.06. The molecule has 7 heteroatoms. The van der Waals surface area contributed by atoms with Crippen LogP contribution in [0.15, 0.2) is 29.2 Å². The molecule has 1 aromatic carbocycles. The van der Waals surface area contributed by atoms with Gasteiger partial charge in [0.15, 0.2) is 6.10 Å².